The number of ether oxygens (including phenoxy) is 2. The zero-order valence-electron chi connectivity index (χ0n) is 14.8. The molecule has 1 saturated heterocycles. The molecule has 0 amide bonds. The van der Waals surface area contributed by atoms with Gasteiger partial charge in [0.05, 0.1) is 18.4 Å². The molecule has 4 heterocycles. The van der Waals surface area contributed by atoms with E-state index in [-0.39, 0.29) is 18.2 Å². The highest BCUT2D eigenvalue weighted by atomic mass is 127. The maximum Gasteiger partial charge on any atom is 0.194 e. The maximum absolute atomic E-state index is 6.31. The summed E-state index contributed by atoms with van der Waals surface area (Å²) in [5.41, 5.74) is 7.49. The summed E-state index contributed by atoms with van der Waals surface area (Å²) in [6.45, 7) is 3.95. The summed E-state index contributed by atoms with van der Waals surface area (Å²) in [6.07, 6.45) is 2.84. The molecule has 5 atom stereocenters. The second-order valence-corrected chi connectivity index (χ2v) is 8.92. The second-order valence-electron chi connectivity index (χ2n) is 7.95. The Morgan fingerprint density at radius 1 is 1.19 bits per heavy atom. The first-order chi connectivity index (χ1) is 12.9. The summed E-state index contributed by atoms with van der Waals surface area (Å²) in [5.74, 6) is 2.19. The number of furan rings is 1. The van der Waals surface area contributed by atoms with Crippen molar-refractivity contribution in [1.29, 1.82) is 0 Å². The average molecular weight is 479 g/mol. The van der Waals surface area contributed by atoms with E-state index in [1.54, 1.807) is 6.26 Å². The van der Waals surface area contributed by atoms with Crippen LogP contribution in [-0.4, -0.2) is 37.5 Å². The molecule has 140 valence electrons. The molecule has 1 aliphatic heterocycles. The number of hydrogen-bond acceptors (Lipinski definition) is 7. The van der Waals surface area contributed by atoms with E-state index < -0.39 is 5.79 Å². The van der Waals surface area contributed by atoms with Crippen LogP contribution in [0.1, 0.15) is 26.3 Å². The molecular weight excluding hydrogens is 461 g/mol. The van der Waals surface area contributed by atoms with Crippen molar-refractivity contribution in [3.8, 4) is 11.6 Å². The van der Waals surface area contributed by atoms with Crippen molar-refractivity contribution >= 4 is 39.6 Å². The molecular formula is C18H18IN5O3. The van der Waals surface area contributed by atoms with Crippen molar-refractivity contribution in [1.82, 2.24) is 19.5 Å². The number of halogens is 1. The molecule has 5 unspecified atom stereocenters. The molecule has 0 aromatic carbocycles. The lowest BCUT2D eigenvalue weighted by Crippen LogP contribution is -2.30. The highest BCUT2D eigenvalue weighted by Gasteiger charge is 2.67. The lowest BCUT2D eigenvalue weighted by molar-refractivity contribution is -0.156. The van der Waals surface area contributed by atoms with Gasteiger partial charge in [-0.15, -0.1) is 0 Å². The molecule has 2 saturated carbocycles. The molecule has 3 fully saturated rings. The van der Waals surface area contributed by atoms with Crippen LogP contribution in [0.2, 0.25) is 0 Å². The number of imidazole rings is 1. The predicted molar refractivity (Wildman–Crippen MR) is 105 cm³/mol. The summed E-state index contributed by atoms with van der Waals surface area (Å²) in [4.78, 5) is 13.7. The summed E-state index contributed by atoms with van der Waals surface area (Å²) >= 11 is 2.09. The predicted octanol–water partition coefficient (Wildman–Crippen LogP) is 2.98. The van der Waals surface area contributed by atoms with E-state index in [0.717, 1.165) is 12.1 Å². The fourth-order valence-electron chi connectivity index (χ4n) is 4.83. The van der Waals surface area contributed by atoms with E-state index in [1.807, 2.05) is 26.0 Å². The first-order valence-electron chi connectivity index (χ1n) is 9.03. The smallest absolute Gasteiger partial charge is 0.194 e. The van der Waals surface area contributed by atoms with Crippen molar-refractivity contribution in [2.45, 2.75) is 44.3 Å². The van der Waals surface area contributed by atoms with Crippen molar-refractivity contribution < 1.29 is 13.9 Å². The van der Waals surface area contributed by atoms with E-state index in [4.69, 9.17) is 24.6 Å². The molecule has 9 heteroatoms. The van der Waals surface area contributed by atoms with E-state index in [2.05, 4.69) is 37.1 Å². The van der Waals surface area contributed by atoms with Gasteiger partial charge in [-0.3, -0.25) is 4.57 Å². The van der Waals surface area contributed by atoms with Gasteiger partial charge in [0, 0.05) is 22.6 Å². The summed E-state index contributed by atoms with van der Waals surface area (Å²) in [6, 6.07) is 3.84. The Labute approximate surface area is 168 Å². The molecule has 27 heavy (non-hydrogen) atoms. The largest absolute Gasteiger partial charge is 0.461 e. The first kappa shape index (κ1) is 16.3. The van der Waals surface area contributed by atoms with Gasteiger partial charge in [0.25, 0.3) is 0 Å². The fourth-order valence-corrected chi connectivity index (χ4v) is 5.32. The molecule has 2 aliphatic carbocycles. The third-order valence-corrected chi connectivity index (χ3v) is 6.31. The average Bonchev–Trinajstić information content (AvgIpc) is 2.93. The number of nitrogens with two attached hydrogens (primary N) is 1. The van der Waals surface area contributed by atoms with Crippen LogP contribution in [0.4, 0.5) is 5.82 Å². The van der Waals surface area contributed by atoms with Crippen LogP contribution in [0.5, 0.6) is 0 Å². The lowest BCUT2D eigenvalue weighted by Gasteiger charge is -2.25. The van der Waals surface area contributed by atoms with Crippen LogP contribution < -0.4 is 5.73 Å². The van der Waals surface area contributed by atoms with Gasteiger partial charge in [0.1, 0.15) is 6.10 Å². The SMILES string of the molecule is CC1(C)OC2C3CC3C(n3c(-c4ccco4)nc4c(N)nc(I)nc43)C2O1. The molecule has 0 radical (unpaired) electrons. The van der Waals surface area contributed by atoms with Crippen molar-refractivity contribution in [3.63, 3.8) is 0 Å². The summed E-state index contributed by atoms with van der Waals surface area (Å²) < 4.78 is 20.9. The quantitative estimate of drug-likeness (QED) is 0.446. The lowest BCUT2D eigenvalue weighted by atomic mass is 10.1. The zero-order chi connectivity index (χ0) is 18.5. The second kappa shape index (κ2) is 5.21. The Bertz CT molecular complexity index is 1060. The maximum atomic E-state index is 6.31. The van der Waals surface area contributed by atoms with E-state index in [9.17, 15) is 0 Å². The Hall–Kier alpha value is -1.72. The normalized spacial score (nSPS) is 33.4. The Balaban J connectivity index is 1.60. The zero-order valence-corrected chi connectivity index (χ0v) is 17.0. The Morgan fingerprint density at radius 3 is 2.78 bits per heavy atom. The molecule has 6 rings (SSSR count). The summed E-state index contributed by atoms with van der Waals surface area (Å²) in [7, 11) is 0. The highest BCUT2D eigenvalue weighted by Crippen LogP contribution is 2.63. The molecule has 0 spiro atoms. The molecule has 3 aromatic heterocycles. The highest BCUT2D eigenvalue weighted by molar-refractivity contribution is 14.1. The standard InChI is InChI=1S/C18H18IN5O3/c1-18(2)26-12-8-6-7(8)11(13(12)27-18)24-15(9-4-3-5-25-9)21-10-14(20)22-17(19)23-16(10)24/h3-5,7-8,11-13H,6H2,1-2H3,(H2,20,22,23). The number of fused-ring (bicyclic) bond motifs is 4. The van der Waals surface area contributed by atoms with E-state index in [1.165, 1.54) is 0 Å². The number of nitrogens with zero attached hydrogens (tertiary/aromatic N) is 4. The monoisotopic (exact) mass is 479 g/mol. The van der Waals surface area contributed by atoms with Crippen molar-refractivity contribution in [2.24, 2.45) is 11.8 Å². The topological polar surface area (TPSA) is 101 Å². The third kappa shape index (κ3) is 2.24. The molecule has 8 nitrogen and oxygen atoms in total. The van der Waals surface area contributed by atoms with Crippen LogP contribution in [0.15, 0.2) is 22.8 Å². The number of nitrogen functional groups attached to an aromatic ring is 1. The van der Waals surface area contributed by atoms with Gasteiger partial charge in [-0.25, -0.2) is 15.0 Å². The van der Waals surface area contributed by atoms with E-state index in [0.29, 0.717) is 38.6 Å². The van der Waals surface area contributed by atoms with Crippen LogP contribution in [0.3, 0.4) is 0 Å². The van der Waals surface area contributed by atoms with Gasteiger partial charge >= 0.3 is 0 Å². The van der Waals surface area contributed by atoms with Crippen molar-refractivity contribution in [2.75, 3.05) is 5.73 Å². The minimum atomic E-state index is -0.579. The fraction of sp³-hybridized carbons (Fsp3) is 0.500. The number of anilines is 1. The van der Waals surface area contributed by atoms with Gasteiger partial charge in [0.15, 0.2) is 38.2 Å². The number of hydrogen-bond donors (Lipinski definition) is 1. The van der Waals surface area contributed by atoms with Gasteiger partial charge < -0.3 is 19.6 Å². The Morgan fingerprint density at radius 2 is 2.00 bits per heavy atom. The van der Waals surface area contributed by atoms with Crippen LogP contribution >= 0.6 is 22.6 Å². The molecule has 3 aliphatic rings. The number of rotatable bonds is 2. The van der Waals surface area contributed by atoms with Crippen LogP contribution in [-0.2, 0) is 9.47 Å². The minimum Gasteiger partial charge on any atom is -0.461 e. The Kier molecular flexibility index (Phi) is 3.13. The van der Waals surface area contributed by atoms with Gasteiger partial charge in [0.2, 0.25) is 0 Å². The number of aromatic nitrogens is 4. The minimum absolute atomic E-state index is 0.0382. The molecule has 2 N–H and O–H groups in total. The van der Waals surface area contributed by atoms with Gasteiger partial charge in [-0.2, -0.15) is 0 Å². The van der Waals surface area contributed by atoms with E-state index >= 15 is 0 Å². The molecule has 0 bridgehead atoms. The third-order valence-electron chi connectivity index (χ3n) is 5.83. The molecule has 3 aromatic rings. The van der Waals surface area contributed by atoms with Crippen LogP contribution in [0, 0.1) is 15.7 Å². The van der Waals surface area contributed by atoms with Gasteiger partial charge in [-0.05, 0) is 44.2 Å². The van der Waals surface area contributed by atoms with Gasteiger partial charge in [-0.1, -0.05) is 0 Å². The first-order valence-corrected chi connectivity index (χ1v) is 10.1. The summed E-state index contributed by atoms with van der Waals surface area (Å²) in [5, 5.41) is 0. The van der Waals surface area contributed by atoms with Crippen LogP contribution in [0.25, 0.3) is 22.7 Å². The van der Waals surface area contributed by atoms with Crippen molar-refractivity contribution in [3.05, 3.63) is 22.2 Å².